The average Bonchev–Trinajstić information content (AvgIpc) is 2.72. The molecule has 0 N–H and O–H groups in total. The van der Waals surface area contributed by atoms with E-state index in [4.69, 9.17) is 11.4 Å². The standard InChI is InChI=1S/C18H25N3/c1-6-7-12-17-19-15-10-8-9-11-16(15)21(17)14-18(2,3)13-20(4)5/h1,8-11H,7,12-14H2,2-5H3. The van der Waals surface area contributed by atoms with Gasteiger partial charge in [-0.15, -0.1) is 12.3 Å². The fraction of sp³-hybridized carbons (Fsp3) is 0.500. The lowest BCUT2D eigenvalue weighted by Gasteiger charge is -2.29. The van der Waals surface area contributed by atoms with Crippen molar-refractivity contribution >= 4 is 11.0 Å². The molecule has 3 nitrogen and oxygen atoms in total. The first-order valence-electron chi connectivity index (χ1n) is 7.45. The number of benzene rings is 1. The van der Waals surface area contributed by atoms with E-state index in [0.717, 1.165) is 37.3 Å². The molecule has 0 aliphatic heterocycles. The molecule has 0 saturated heterocycles. The maximum atomic E-state index is 5.42. The van der Waals surface area contributed by atoms with Gasteiger partial charge >= 0.3 is 0 Å². The van der Waals surface area contributed by atoms with E-state index >= 15 is 0 Å². The fourth-order valence-electron chi connectivity index (χ4n) is 3.01. The minimum atomic E-state index is 0.178. The number of aromatic nitrogens is 2. The molecule has 0 spiro atoms. The van der Waals surface area contributed by atoms with Gasteiger partial charge in [-0.05, 0) is 31.6 Å². The van der Waals surface area contributed by atoms with E-state index in [1.165, 1.54) is 5.52 Å². The molecule has 0 aliphatic rings. The van der Waals surface area contributed by atoms with Crippen molar-refractivity contribution in [2.75, 3.05) is 20.6 Å². The van der Waals surface area contributed by atoms with Crippen molar-refractivity contribution in [2.45, 2.75) is 33.2 Å². The van der Waals surface area contributed by atoms with Crippen molar-refractivity contribution in [3.05, 3.63) is 30.1 Å². The van der Waals surface area contributed by atoms with E-state index in [0.29, 0.717) is 0 Å². The van der Waals surface area contributed by atoms with Gasteiger partial charge in [-0.1, -0.05) is 26.0 Å². The van der Waals surface area contributed by atoms with Gasteiger partial charge in [0.2, 0.25) is 0 Å². The first-order valence-corrected chi connectivity index (χ1v) is 7.45. The molecule has 0 aliphatic carbocycles. The van der Waals surface area contributed by atoms with Crippen molar-refractivity contribution in [2.24, 2.45) is 5.41 Å². The Morgan fingerprint density at radius 1 is 1.29 bits per heavy atom. The first kappa shape index (κ1) is 15.6. The molecule has 2 aromatic rings. The van der Waals surface area contributed by atoms with Gasteiger partial charge in [0.25, 0.3) is 0 Å². The van der Waals surface area contributed by atoms with Gasteiger partial charge in [0.1, 0.15) is 5.82 Å². The summed E-state index contributed by atoms with van der Waals surface area (Å²) in [5, 5.41) is 0. The Bertz CT molecular complexity index is 644. The molecular formula is C18H25N3. The zero-order valence-corrected chi connectivity index (χ0v) is 13.6. The van der Waals surface area contributed by atoms with Crippen molar-refractivity contribution in [3.8, 4) is 12.3 Å². The SMILES string of the molecule is C#CCCc1nc2ccccc2n1CC(C)(C)CN(C)C. The van der Waals surface area contributed by atoms with E-state index in [2.05, 4.69) is 61.5 Å². The zero-order chi connectivity index (χ0) is 15.5. The summed E-state index contributed by atoms with van der Waals surface area (Å²) in [4.78, 5) is 7.00. The fourth-order valence-corrected chi connectivity index (χ4v) is 3.01. The van der Waals surface area contributed by atoms with Gasteiger partial charge in [-0.25, -0.2) is 4.98 Å². The molecule has 0 unspecified atom stereocenters. The first-order chi connectivity index (χ1) is 9.93. The van der Waals surface area contributed by atoms with Crippen LogP contribution in [0.5, 0.6) is 0 Å². The molecule has 1 aromatic carbocycles. The second-order valence-electron chi connectivity index (χ2n) is 6.71. The molecule has 21 heavy (non-hydrogen) atoms. The normalized spacial score (nSPS) is 12.0. The van der Waals surface area contributed by atoms with Gasteiger partial charge in [0.15, 0.2) is 0 Å². The molecule has 1 aromatic heterocycles. The van der Waals surface area contributed by atoms with E-state index < -0.39 is 0 Å². The molecule has 0 radical (unpaired) electrons. The highest BCUT2D eigenvalue weighted by Gasteiger charge is 2.22. The van der Waals surface area contributed by atoms with Crippen LogP contribution in [-0.4, -0.2) is 35.1 Å². The highest BCUT2D eigenvalue weighted by Crippen LogP contribution is 2.25. The van der Waals surface area contributed by atoms with Gasteiger partial charge < -0.3 is 9.47 Å². The summed E-state index contributed by atoms with van der Waals surface area (Å²) in [6, 6.07) is 8.33. The second kappa shape index (κ2) is 6.32. The smallest absolute Gasteiger partial charge is 0.110 e. The molecule has 0 bridgehead atoms. The van der Waals surface area contributed by atoms with Crippen molar-refractivity contribution < 1.29 is 0 Å². The van der Waals surface area contributed by atoms with Crippen LogP contribution in [-0.2, 0) is 13.0 Å². The van der Waals surface area contributed by atoms with Gasteiger partial charge in [0.05, 0.1) is 11.0 Å². The van der Waals surface area contributed by atoms with E-state index in [1.54, 1.807) is 0 Å². The quantitative estimate of drug-likeness (QED) is 0.759. The Balaban J connectivity index is 2.38. The van der Waals surface area contributed by atoms with E-state index in [-0.39, 0.29) is 5.41 Å². The van der Waals surface area contributed by atoms with Crippen LogP contribution in [0.2, 0.25) is 0 Å². The Kier molecular flexibility index (Phi) is 4.69. The van der Waals surface area contributed by atoms with Gasteiger partial charge in [-0.2, -0.15) is 0 Å². The summed E-state index contributed by atoms with van der Waals surface area (Å²) < 4.78 is 2.34. The minimum Gasteiger partial charge on any atom is -0.327 e. The predicted octanol–water partition coefficient (Wildman–Crippen LogP) is 3.19. The third-order valence-corrected chi connectivity index (χ3v) is 3.56. The van der Waals surface area contributed by atoms with E-state index in [1.807, 2.05) is 6.07 Å². The number of hydrogen-bond donors (Lipinski definition) is 0. The second-order valence-corrected chi connectivity index (χ2v) is 6.71. The summed E-state index contributed by atoms with van der Waals surface area (Å²) in [5.74, 6) is 3.82. The molecule has 3 heteroatoms. The van der Waals surface area contributed by atoms with Gasteiger partial charge in [-0.3, -0.25) is 0 Å². The number of rotatable bonds is 6. The number of hydrogen-bond acceptors (Lipinski definition) is 2. The average molecular weight is 283 g/mol. The summed E-state index contributed by atoms with van der Waals surface area (Å²) in [5.41, 5.74) is 2.44. The molecule has 2 rings (SSSR count). The lowest BCUT2D eigenvalue weighted by Crippen LogP contribution is -2.32. The predicted molar refractivity (Wildman–Crippen MR) is 89.2 cm³/mol. The van der Waals surface area contributed by atoms with Crippen molar-refractivity contribution in [1.29, 1.82) is 0 Å². The molecule has 0 saturated carbocycles. The zero-order valence-electron chi connectivity index (χ0n) is 13.6. The van der Waals surface area contributed by atoms with Crippen molar-refractivity contribution in [1.82, 2.24) is 14.5 Å². The third-order valence-electron chi connectivity index (χ3n) is 3.56. The maximum Gasteiger partial charge on any atom is 0.110 e. The Hall–Kier alpha value is -1.79. The van der Waals surface area contributed by atoms with Crippen LogP contribution in [0, 0.1) is 17.8 Å². The van der Waals surface area contributed by atoms with Crippen LogP contribution in [0.15, 0.2) is 24.3 Å². The molecule has 0 fully saturated rings. The number of para-hydroxylation sites is 2. The van der Waals surface area contributed by atoms with Crippen LogP contribution < -0.4 is 0 Å². The highest BCUT2D eigenvalue weighted by atomic mass is 15.1. The molecule has 112 valence electrons. The lowest BCUT2D eigenvalue weighted by atomic mass is 9.92. The Morgan fingerprint density at radius 2 is 2.00 bits per heavy atom. The highest BCUT2D eigenvalue weighted by molar-refractivity contribution is 5.75. The summed E-state index contributed by atoms with van der Waals surface area (Å²) >= 11 is 0. The monoisotopic (exact) mass is 283 g/mol. The van der Waals surface area contributed by atoms with Crippen LogP contribution in [0.3, 0.4) is 0 Å². The maximum absolute atomic E-state index is 5.42. The summed E-state index contributed by atoms with van der Waals surface area (Å²) in [7, 11) is 4.24. The minimum absolute atomic E-state index is 0.178. The lowest BCUT2D eigenvalue weighted by molar-refractivity contribution is 0.211. The number of terminal acetylenes is 1. The Labute approximate surface area is 128 Å². The van der Waals surface area contributed by atoms with E-state index in [9.17, 15) is 0 Å². The largest absolute Gasteiger partial charge is 0.327 e. The molecule has 0 amide bonds. The Morgan fingerprint density at radius 3 is 2.67 bits per heavy atom. The molecule has 1 heterocycles. The molecular weight excluding hydrogens is 258 g/mol. The number of imidazole rings is 1. The number of nitrogens with zero attached hydrogens (tertiary/aromatic N) is 3. The topological polar surface area (TPSA) is 21.1 Å². The van der Waals surface area contributed by atoms with Crippen molar-refractivity contribution in [3.63, 3.8) is 0 Å². The molecule has 0 atom stereocenters. The van der Waals surface area contributed by atoms with Crippen LogP contribution in [0.1, 0.15) is 26.1 Å². The van der Waals surface area contributed by atoms with Crippen LogP contribution in [0.4, 0.5) is 0 Å². The van der Waals surface area contributed by atoms with Crippen LogP contribution >= 0.6 is 0 Å². The van der Waals surface area contributed by atoms with Crippen LogP contribution in [0.25, 0.3) is 11.0 Å². The number of fused-ring (bicyclic) bond motifs is 1. The van der Waals surface area contributed by atoms with Gasteiger partial charge in [0, 0.05) is 25.9 Å². The number of aryl methyl sites for hydroxylation is 1. The third kappa shape index (κ3) is 3.86. The summed E-state index contributed by atoms with van der Waals surface area (Å²) in [6.07, 6.45) is 6.99. The summed E-state index contributed by atoms with van der Waals surface area (Å²) in [6.45, 7) is 6.58.